The zero-order chi connectivity index (χ0) is 15.2. The molecule has 2 fully saturated rings. The van der Waals surface area contributed by atoms with Crippen molar-refractivity contribution in [2.75, 3.05) is 6.54 Å². The Morgan fingerprint density at radius 2 is 1.50 bits per heavy atom. The van der Waals surface area contributed by atoms with Crippen LogP contribution in [-0.2, 0) is 15.1 Å². The van der Waals surface area contributed by atoms with E-state index in [1.807, 2.05) is 48.2 Å². The van der Waals surface area contributed by atoms with Crippen molar-refractivity contribution >= 4 is 5.91 Å². The summed E-state index contributed by atoms with van der Waals surface area (Å²) in [6, 6.07) is 20.5. The summed E-state index contributed by atoms with van der Waals surface area (Å²) in [5.41, 5.74) is 1.13. The van der Waals surface area contributed by atoms with Crippen LogP contribution in [-0.4, -0.2) is 23.1 Å². The molecule has 0 saturated carbocycles. The maximum absolute atomic E-state index is 12.3. The van der Waals surface area contributed by atoms with Crippen molar-refractivity contribution in [3.8, 4) is 0 Å². The maximum atomic E-state index is 12.3. The minimum Gasteiger partial charge on any atom is -0.338 e. The lowest BCUT2D eigenvalue weighted by molar-refractivity contribution is -0.138. The molecule has 1 atom stereocenters. The maximum Gasteiger partial charge on any atom is 0.225 e. The molecule has 1 unspecified atom stereocenters. The molecule has 1 amide bonds. The molecule has 4 rings (SSSR count). The molecule has 112 valence electrons. The summed E-state index contributed by atoms with van der Waals surface area (Å²) in [4.78, 5) is 14.2. The van der Waals surface area contributed by atoms with E-state index in [2.05, 4.69) is 24.3 Å². The van der Waals surface area contributed by atoms with Gasteiger partial charge in [-0.1, -0.05) is 60.7 Å². The van der Waals surface area contributed by atoms with Crippen molar-refractivity contribution in [1.82, 2.24) is 4.90 Å². The van der Waals surface area contributed by atoms with Crippen LogP contribution in [0.4, 0.5) is 0 Å². The number of carbonyl (C=O) groups excluding carboxylic acids is 1. The minimum atomic E-state index is -0.576. The summed E-state index contributed by atoms with van der Waals surface area (Å²) >= 11 is 0. The van der Waals surface area contributed by atoms with Gasteiger partial charge in [-0.05, 0) is 18.1 Å². The first-order valence-electron chi connectivity index (χ1n) is 7.76. The second-order valence-electron chi connectivity index (χ2n) is 6.32. The van der Waals surface area contributed by atoms with Gasteiger partial charge in [-0.2, -0.15) is 0 Å². The monoisotopic (exact) mass is 293 g/mol. The summed E-state index contributed by atoms with van der Waals surface area (Å²) in [6.07, 6.45) is 1.34. The summed E-state index contributed by atoms with van der Waals surface area (Å²) in [6.45, 7) is 2.61. The molecular formula is C19H19NO2. The molecule has 0 N–H and O–H groups in total. The second kappa shape index (κ2) is 4.68. The molecule has 0 spiro atoms. The molecule has 3 heteroatoms. The Labute approximate surface area is 130 Å². The Morgan fingerprint density at radius 1 is 0.955 bits per heavy atom. The molecule has 2 saturated heterocycles. The zero-order valence-electron chi connectivity index (χ0n) is 12.7. The van der Waals surface area contributed by atoms with E-state index >= 15 is 0 Å². The average molecular weight is 293 g/mol. The van der Waals surface area contributed by atoms with Crippen LogP contribution in [0.2, 0.25) is 0 Å². The molecule has 0 radical (unpaired) electrons. The molecule has 2 aliphatic rings. The highest BCUT2D eigenvalue weighted by molar-refractivity contribution is 5.80. The van der Waals surface area contributed by atoms with Crippen LogP contribution in [0.15, 0.2) is 60.7 Å². The van der Waals surface area contributed by atoms with Crippen molar-refractivity contribution in [3.63, 3.8) is 0 Å². The number of benzene rings is 2. The van der Waals surface area contributed by atoms with Crippen LogP contribution in [0.25, 0.3) is 0 Å². The van der Waals surface area contributed by atoms with Crippen LogP contribution in [0.3, 0.4) is 0 Å². The van der Waals surface area contributed by atoms with E-state index in [0.29, 0.717) is 13.0 Å². The van der Waals surface area contributed by atoms with Crippen LogP contribution >= 0.6 is 0 Å². The standard InChI is InChI=1S/C19H19NO2/c1-18-13-12-17(21)20(18)14-19(22-18,15-8-4-2-5-9-15)16-10-6-3-7-11-16/h2-11H,12-14H2,1H3. The summed E-state index contributed by atoms with van der Waals surface area (Å²) in [5.74, 6) is 0.191. The molecule has 2 aromatic carbocycles. The number of fused-ring (bicyclic) bond motifs is 1. The van der Waals surface area contributed by atoms with Crippen LogP contribution in [0, 0.1) is 0 Å². The summed E-state index contributed by atoms with van der Waals surface area (Å²) in [7, 11) is 0. The van der Waals surface area contributed by atoms with Gasteiger partial charge in [-0.15, -0.1) is 0 Å². The summed E-state index contributed by atoms with van der Waals surface area (Å²) < 4.78 is 6.61. The predicted molar refractivity (Wildman–Crippen MR) is 84.1 cm³/mol. The molecule has 3 nitrogen and oxygen atoms in total. The second-order valence-corrected chi connectivity index (χ2v) is 6.32. The van der Waals surface area contributed by atoms with Gasteiger partial charge in [0.25, 0.3) is 0 Å². The molecule has 0 aliphatic carbocycles. The number of amides is 1. The normalized spacial score (nSPS) is 26.2. The van der Waals surface area contributed by atoms with E-state index < -0.39 is 11.3 Å². The fraction of sp³-hybridized carbons (Fsp3) is 0.316. The van der Waals surface area contributed by atoms with Crippen molar-refractivity contribution in [2.45, 2.75) is 31.1 Å². The lowest BCUT2D eigenvalue weighted by Crippen LogP contribution is -2.38. The van der Waals surface area contributed by atoms with Crippen molar-refractivity contribution in [3.05, 3.63) is 71.8 Å². The third-order valence-corrected chi connectivity index (χ3v) is 4.93. The first kappa shape index (κ1) is 13.5. The Hall–Kier alpha value is -2.13. The van der Waals surface area contributed by atoms with E-state index in [1.54, 1.807) is 0 Å². The molecule has 0 aromatic heterocycles. The van der Waals surface area contributed by atoms with Crippen LogP contribution < -0.4 is 0 Å². The quantitative estimate of drug-likeness (QED) is 0.850. The van der Waals surface area contributed by atoms with E-state index in [0.717, 1.165) is 17.5 Å². The van der Waals surface area contributed by atoms with Crippen molar-refractivity contribution in [1.29, 1.82) is 0 Å². The molecular weight excluding hydrogens is 274 g/mol. The largest absolute Gasteiger partial charge is 0.338 e. The van der Waals surface area contributed by atoms with Crippen LogP contribution in [0.1, 0.15) is 30.9 Å². The van der Waals surface area contributed by atoms with Crippen molar-refractivity contribution in [2.24, 2.45) is 0 Å². The Balaban J connectivity index is 1.88. The van der Waals surface area contributed by atoms with E-state index in [1.165, 1.54) is 0 Å². The van der Waals surface area contributed by atoms with E-state index in [4.69, 9.17) is 4.74 Å². The highest BCUT2D eigenvalue weighted by atomic mass is 16.6. The van der Waals surface area contributed by atoms with E-state index in [-0.39, 0.29) is 5.91 Å². The number of nitrogens with zero attached hydrogens (tertiary/aromatic N) is 1. The highest BCUT2D eigenvalue weighted by Crippen LogP contribution is 2.49. The first-order chi connectivity index (χ1) is 10.6. The number of ether oxygens (including phenoxy) is 1. The Morgan fingerprint density at radius 3 is 2.00 bits per heavy atom. The predicted octanol–water partition coefficient (Wildman–Crippen LogP) is 3.30. The summed E-state index contributed by atoms with van der Waals surface area (Å²) in [5, 5.41) is 0. The van der Waals surface area contributed by atoms with Gasteiger partial charge >= 0.3 is 0 Å². The highest BCUT2D eigenvalue weighted by Gasteiger charge is 2.58. The Bertz CT molecular complexity index is 658. The third kappa shape index (κ3) is 1.82. The fourth-order valence-corrected chi connectivity index (χ4v) is 3.75. The third-order valence-electron chi connectivity index (χ3n) is 4.93. The van der Waals surface area contributed by atoms with Gasteiger partial charge in [0.15, 0.2) is 0 Å². The number of rotatable bonds is 2. The van der Waals surface area contributed by atoms with Crippen LogP contribution in [0.5, 0.6) is 0 Å². The minimum absolute atomic E-state index is 0.191. The van der Waals surface area contributed by atoms with Gasteiger partial charge in [0.1, 0.15) is 11.3 Å². The van der Waals surface area contributed by atoms with Gasteiger partial charge in [0, 0.05) is 12.8 Å². The van der Waals surface area contributed by atoms with Gasteiger partial charge in [-0.25, -0.2) is 0 Å². The topological polar surface area (TPSA) is 29.5 Å². The molecule has 2 heterocycles. The molecule has 2 aliphatic heterocycles. The smallest absolute Gasteiger partial charge is 0.225 e. The SMILES string of the molecule is CC12CCC(=O)N1CC(c1ccccc1)(c1ccccc1)O2. The number of hydrogen-bond donors (Lipinski definition) is 0. The van der Waals surface area contributed by atoms with E-state index in [9.17, 15) is 4.79 Å². The average Bonchev–Trinajstić information content (AvgIpc) is 3.03. The lowest BCUT2D eigenvalue weighted by Gasteiger charge is -2.32. The first-order valence-corrected chi connectivity index (χ1v) is 7.76. The van der Waals surface area contributed by atoms with Gasteiger partial charge < -0.3 is 9.64 Å². The lowest BCUT2D eigenvalue weighted by atomic mass is 9.86. The van der Waals surface area contributed by atoms with Gasteiger partial charge in [-0.3, -0.25) is 4.79 Å². The fourth-order valence-electron chi connectivity index (χ4n) is 3.75. The number of hydrogen-bond acceptors (Lipinski definition) is 2. The number of carbonyl (C=O) groups is 1. The van der Waals surface area contributed by atoms with Gasteiger partial charge in [0.05, 0.1) is 6.54 Å². The van der Waals surface area contributed by atoms with Gasteiger partial charge in [0.2, 0.25) is 5.91 Å². The Kier molecular flexibility index (Phi) is 2.88. The zero-order valence-corrected chi connectivity index (χ0v) is 12.7. The molecule has 2 aromatic rings. The molecule has 0 bridgehead atoms. The molecule has 22 heavy (non-hydrogen) atoms. The van der Waals surface area contributed by atoms with Crippen molar-refractivity contribution < 1.29 is 9.53 Å².